The third-order valence-corrected chi connectivity index (χ3v) is 4.28. The number of hydrogen-bond acceptors (Lipinski definition) is 2. The van der Waals surface area contributed by atoms with Crippen LogP contribution in [0.15, 0.2) is 0 Å². The first-order valence-corrected chi connectivity index (χ1v) is 6.81. The average molecular weight is 210 g/mol. The Bertz CT molecular complexity index is 175. The van der Waals surface area contributed by atoms with Crippen LogP contribution in [0.2, 0.25) is 0 Å². The van der Waals surface area contributed by atoms with E-state index in [4.69, 9.17) is 5.73 Å². The van der Waals surface area contributed by atoms with Gasteiger partial charge in [-0.15, -0.1) is 0 Å². The lowest BCUT2D eigenvalue weighted by atomic mass is 9.87. The highest BCUT2D eigenvalue weighted by molar-refractivity contribution is 4.77. The molecule has 1 saturated carbocycles. The quantitative estimate of drug-likeness (QED) is 0.771. The van der Waals surface area contributed by atoms with Gasteiger partial charge in [-0.05, 0) is 44.3 Å². The summed E-state index contributed by atoms with van der Waals surface area (Å²) in [6.07, 6.45) is 10.2. The molecule has 88 valence electrons. The number of nitrogens with zero attached hydrogens (tertiary/aromatic N) is 1. The molecule has 0 bridgehead atoms. The van der Waals surface area contributed by atoms with E-state index in [-0.39, 0.29) is 0 Å². The summed E-state index contributed by atoms with van der Waals surface area (Å²) in [4.78, 5) is 2.63. The highest BCUT2D eigenvalue weighted by Crippen LogP contribution is 2.27. The van der Waals surface area contributed by atoms with Gasteiger partial charge in [0.2, 0.25) is 0 Å². The summed E-state index contributed by atoms with van der Waals surface area (Å²) in [5.41, 5.74) is 5.71. The molecular formula is C13H26N2. The highest BCUT2D eigenvalue weighted by atomic mass is 15.1. The lowest BCUT2D eigenvalue weighted by Crippen LogP contribution is -2.26. The van der Waals surface area contributed by atoms with Crippen molar-refractivity contribution < 1.29 is 0 Å². The monoisotopic (exact) mass is 210 g/mol. The van der Waals surface area contributed by atoms with Gasteiger partial charge < -0.3 is 10.6 Å². The fourth-order valence-electron chi connectivity index (χ4n) is 3.15. The molecular weight excluding hydrogens is 184 g/mol. The van der Waals surface area contributed by atoms with Gasteiger partial charge in [0.15, 0.2) is 0 Å². The SMILES string of the molecule is NCC1CCN(CCC2CCCCC2)C1. The molecule has 0 spiro atoms. The average Bonchev–Trinajstić information content (AvgIpc) is 2.76. The van der Waals surface area contributed by atoms with Crippen molar-refractivity contribution in [2.45, 2.75) is 44.9 Å². The van der Waals surface area contributed by atoms with E-state index in [1.165, 1.54) is 64.6 Å². The minimum atomic E-state index is 0.788. The molecule has 2 heteroatoms. The van der Waals surface area contributed by atoms with E-state index in [0.29, 0.717) is 0 Å². The topological polar surface area (TPSA) is 29.3 Å². The van der Waals surface area contributed by atoms with Crippen LogP contribution in [0.25, 0.3) is 0 Å². The zero-order valence-electron chi connectivity index (χ0n) is 9.96. The molecule has 0 aromatic heterocycles. The second-order valence-electron chi connectivity index (χ2n) is 5.48. The van der Waals surface area contributed by atoms with Crippen LogP contribution in [0.5, 0.6) is 0 Å². The fourth-order valence-corrected chi connectivity index (χ4v) is 3.15. The van der Waals surface area contributed by atoms with Gasteiger partial charge in [-0.25, -0.2) is 0 Å². The zero-order valence-corrected chi connectivity index (χ0v) is 9.96. The van der Waals surface area contributed by atoms with Gasteiger partial charge in [0.05, 0.1) is 0 Å². The van der Waals surface area contributed by atoms with E-state index in [1.54, 1.807) is 0 Å². The second-order valence-corrected chi connectivity index (χ2v) is 5.48. The van der Waals surface area contributed by atoms with E-state index in [9.17, 15) is 0 Å². The summed E-state index contributed by atoms with van der Waals surface area (Å²) < 4.78 is 0. The van der Waals surface area contributed by atoms with Crippen molar-refractivity contribution >= 4 is 0 Å². The van der Waals surface area contributed by atoms with Crippen LogP contribution in [0, 0.1) is 11.8 Å². The number of likely N-dealkylation sites (tertiary alicyclic amines) is 1. The highest BCUT2D eigenvalue weighted by Gasteiger charge is 2.22. The molecule has 2 rings (SSSR count). The largest absolute Gasteiger partial charge is 0.330 e. The van der Waals surface area contributed by atoms with E-state index in [2.05, 4.69) is 4.90 Å². The molecule has 1 heterocycles. The normalized spacial score (nSPS) is 29.8. The molecule has 1 atom stereocenters. The fraction of sp³-hybridized carbons (Fsp3) is 1.00. The molecule has 1 aliphatic carbocycles. The molecule has 1 aliphatic heterocycles. The number of nitrogens with two attached hydrogens (primary N) is 1. The van der Waals surface area contributed by atoms with Crippen molar-refractivity contribution in [3.05, 3.63) is 0 Å². The Labute approximate surface area is 94.2 Å². The molecule has 0 radical (unpaired) electrons. The first-order valence-electron chi connectivity index (χ1n) is 6.81. The van der Waals surface area contributed by atoms with Crippen LogP contribution >= 0.6 is 0 Å². The van der Waals surface area contributed by atoms with Gasteiger partial charge >= 0.3 is 0 Å². The standard InChI is InChI=1S/C13H26N2/c14-10-13-7-9-15(11-13)8-6-12-4-2-1-3-5-12/h12-13H,1-11,14H2. The smallest absolute Gasteiger partial charge is 0.00222 e. The predicted octanol–water partition coefficient (Wildman–Crippen LogP) is 2.24. The van der Waals surface area contributed by atoms with Gasteiger partial charge in [0, 0.05) is 6.54 Å². The zero-order chi connectivity index (χ0) is 10.5. The van der Waals surface area contributed by atoms with Crippen molar-refractivity contribution in [1.82, 2.24) is 4.90 Å². The third kappa shape index (κ3) is 3.46. The van der Waals surface area contributed by atoms with E-state index in [0.717, 1.165) is 18.4 Å². The molecule has 2 fully saturated rings. The summed E-state index contributed by atoms with van der Waals surface area (Å²) in [5, 5.41) is 0. The Balaban J connectivity index is 1.61. The van der Waals surface area contributed by atoms with E-state index < -0.39 is 0 Å². The summed E-state index contributed by atoms with van der Waals surface area (Å²) in [6, 6.07) is 0. The van der Waals surface area contributed by atoms with Gasteiger partial charge in [-0.2, -0.15) is 0 Å². The Hall–Kier alpha value is -0.0800. The van der Waals surface area contributed by atoms with Gasteiger partial charge in [0.25, 0.3) is 0 Å². The molecule has 1 unspecified atom stereocenters. The first-order chi connectivity index (χ1) is 7.38. The first kappa shape index (κ1) is 11.4. The molecule has 15 heavy (non-hydrogen) atoms. The summed E-state index contributed by atoms with van der Waals surface area (Å²) in [6.45, 7) is 4.79. The molecule has 0 amide bonds. The van der Waals surface area contributed by atoms with Crippen molar-refractivity contribution in [3.63, 3.8) is 0 Å². The minimum Gasteiger partial charge on any atom is -0.330 e. The predicted molar refractivity (Wildman–Crippen MR) is 64.8 cm³/mol. The van der Waals surface area contributed by atoms with Crippen LogP contribution < -0.4 is 5.73 Å². The van der Waals surface area contributed by atoms with Crippen molar-refractivity contribution in [2.75, 3.05) is 26.2 Å². The van der Waals surface area contributed by atoms with Crippen LogP contribution in [-0.4, -0.2) is 31.1 Å². The Morgan fingerprint density at radius 1 is 1.00 bits per heavy atom. The summed E-state index contributed by atoms with van der Waals surface area (Å²) in [5.74, 6) is 1.83. The van der Waals surface area contributed by atoms with E-state index >= 15 is 0 Å². The maximum absolute atomic E-state index is 5.71. The lowest BCUT2D eigenvalue weighted by Gasteiger charge is -2.24. The molecule has 0 aromatic rings. The molecule has 1 saturated heterocycles. The van der Waals surface area contributed by atoms with Crippen molar-refractivity contribution in [2.24, 2.45) is 17.6 Å². The van der Waals surface area contributed by atoms with Crippen molar-refractivity contribution in [1.29, 1.82) is 0 Å². The van der Waals surface area contributed by atoms with Crippen LogP contribution in [0.3, 0.4) is 0 Å². The molecule has 2 nitrogen and oxygen atoms in total. The maximum Gasteiger partial charge on any atom is 0.00222 e. The summed E-state index contributed by atoms with van der Waals surface area (Å²) in [7, 11) is 0. The Morgan fingerprint density at radius 3 is 2.47 bits per heavy atom. The maximum atomic E-state index is 5.71. The van der Waals surface area contributed by atoms with Gasteiger partial charge in [-0.1, -0.05) is 32.1 Å². The van der Waals surface area contributed by atoms with Gasteiger partial charge in [0.1, 0.15) is 0 Å². The molecule has 2 N–H and O–H groups in total. The second kappa shape index (κ2) is 5.86. The summed E-state index contributed by atoms with van der Waals surface area (Å²) >= 11 is 0. The number of hydrogen-bond donors (Lipinski definition) is 1. The van der Waals surface area contributed by atoms with Crippen LogP contribution in [0.1, 0.15) is 44.9 Å². The number of rotatable bonds is 4. The van der Waals surface area contributed by atoms with E-state index in [1.807, 2.05) is 0 Å². The van der Waals surface area contributed by atoms with Crippen LogP contribution in [0.4, 0.5) is 0 Å². The Morgan fingerprint density at radius 2 is 1.80 bits per heavy atom. The van der Waals surface area contributed by atoms with Crippen molar-refractivity contribution in [3.8, 4) is 0 Å². The van der Waals surface area contributed by atoms with Crippen LogP contribution in [-0.2, 0) is 0 Å². The molecule has 2 aliphatic rings. The third-order valence-electron chi connectivity index (χ3n) is 4.28. The molecule has 0 aromatic carbocycles. The Kier molecular flexibility index (Phi) is 4.45. The lowest BCUT2D eigenvalue weighted by molar-refractivity contribution is 0.260. The minimum absolute atomic E-state index is 0.788. The van der Waals surface area contributed by atoms with Gasteiger partial charge in [-0.3, -0.25) is 0 Å².